The van der Waals surface area contributed by atoms with Crippen LogP contribution in [0.1, 0.15) is 31.9 Å². The maximum atomic E-state index is 12.8. The van der Waals surface area contributed by atoms with Gasteiger partial charge < -0.3 is 19.8 Å². The Kier molecular flexibility index (Phi) is 6.41. The van der Waals surface area contributed by atoms with Crippen LogP contribution in [0.2, 0.25) is 0 Å². The minimum atomic E-state index is -4.27. The second-order valence-corrected chi connectivity index (χ2v) is 9.76. The van der Waals surface area contributed by atoms with Gasteiger partial charge in [-0.3, -0.25) is 9.59 Å². The van der Waals surface area contributed by atoms with Crippen molar-refractivity contribution in [1.29, 1.82) is 0 Å². The lowest BCUT2D eigenvalue weighted by molar-refractivity contribution is -0.204. The number of amides is 1. The molecule has 2 unspecified atom stereocenters. The van der Waals surface area contributed by atoms with Crippen LogP contribution < -0.4 is 5.32 Å². The summed E-state index contributed by atoms with van der Waals surface area (Å²) in [5.74, 6) is -2.67. The molecule has 1 saturated heterocycles. The van der Waals surface area contributed by atoms with E-state index in [1.54, 1.807) is 38.2 Å². The summed E-state index contributed by atoms with van der Waals surface area (Å²) in [6, 6.07) is 7.46. The summed E-state index contributed by atoms with van der Waals surface area (Å²) in [6.45, 7) is 1.96. The topological polar surface area (TPSA) is 134 Å². The van der Waals surface area contributed by atoms with Gasteiger partial charge in [0.05, 0.1) is 29.0 Å². The van der Waals surface area contributed by atoms with Crippen LogP contribution in [-0.4, -0.2) is 67.6 Å². The number of likely N-dealkylation sites (tertiary alicyclic amines) is 1. The van der Waals surface area contributed by atoms with E-state index in [2.05, 4.69) is 25.4 Å². The smallest absolute Gasteiger partial charge is 0.373 e. The third kappa shape index (κ3) is 4.73. The molecule has 1 aliphatic carbocycles. The van der Waals surface area contributed by atoms with Crippen molar-refractivity contribution in [1.82, 2.24) is 25.0 Å². The van der Waals surface area contributed by atoms with Gasteiger partial charge in [0.1, 0.15) is 5.69 Å². The molecule has 10 nitrogen and oxygen atoms in total. The Morgan fingerprint density at radius 2 is 1.87 bits per heavy atom. The zero-order valence-electron chi connectivity index (χ0n) is 20.6. The average molecular weight is 531 g/mol. The fraction of sp³-hybridized carbons (Fsp3) is 0.440. The highest BCUT2D eigenvalue weighted by atomic mass is 19.4. The Morgan fingerprint density at radius 3 is 2.53 bits per heavy atom. The second kappa shape index (κ2) is 9.46. The normalized spacial score (nSPS) is 24.3. The number of anilines is 1. The molecule has 3 aromatic heterocycles. The van der Waals surface area contributed by atoms with E-state index in [1.807, 2.05) is 0 Å². The van der Waals surface area contributed by atoms with Gasteiger partial charge in [-0.1, -0.05) is 11.2 Å². The van der Waals surface area contributed by atoms with E-state index in [4.69, 9.17) is 4.52 Å². The van der Waals surface area contributed by atoms with Crippen LogP contribution in [-0.2, 0) is 15.2 Å². The van der Waals surface area contributed by atoms with Crippen molar-refractivity contribution in [3.05, 3.63) is 42.3 Å². The molecule has 2 N–H and O–H groups in total. The van der Waals surface area contributed by atoms with Crippen molar-refractivity contribution in [2.75, 3.05) is 18.9 Å². The van der Waals surface area contributed by atoms with E-state index in [-0.39, 0.29) is 36.8 Å². The molecular formula is C25H25F3N6O4. The van der Waals surface area contributed by atoms with Crippen LogP contribution >= 0.6 is 0 Å². The van der Waals surface area contributed by atoms with E-state index in [0.717, 1.165) is 0 Å². The highest BCUT2D eigenvalue weighted by molar-refractivity contribution is 5.89. The molecule has 200 valence electrons. The van der Waals surface area contributed by atoms with Crippen LogP contribution in [0.5, 0.6) is 0 Å². The first kappa shape index (κ1) is 25.8. The number of Topliss-reactive ketones (excluding diaryl/α,β-unsaturated/α-hetero) is 1. The Labute approximate surface area is 215 Å². The second-order valence-electron chi connectivity index (χ2n) is 9.76. The van der Waals surface area contributed by atoms with Crippen molar-refractivity contribution >= 4 is 17.6 Å². The maximum Gasteiger partial charge on any atom is 0.391 e. The monoisotopic (exact) mass is 530 g/mol. The number of aliphatic hydroxyl groups is 1. The van der Waals surface area contributed by atoms with Crippen molar-refractivity contribution in [3.8, 4) is 22.8 Å². The standard InChI is InChI=1S/C25H25F3N6O4/c1-13(21(35)14-10-15(11-14)25(26,27)28)30-23-29-8-6-18(32-23)16-4-3-5-17(31-16)19-12-20(38-33-19)24(37)7-9-34(2)22(24)36/h3-6,8,12-15,37H,7,9-11H2,1-2H3,(H,29,30,32). The number of carbonyl (C=O) groups is 2. The molecule has 5 rings (SSSR count). The van der Waals surface area contributed by atoms with Gasteiger partial charge in [-0.05, 0) is 38.0 Å². The Hall–Kier alpha value is -3.87. The van der Waals surface area contributed by atoms with Crippen molar-refractivity contribution in [2.45, 2.75) is 44.0 Å². The van der Waals surface area contributed by atoms with Gasteiger partial charge in [-0.25, -0.2) is 15.0 Å². The summed E-state index contributed by atoms with van der Waals surface area (Å²) in [5.41, 5.74) is -0.146. The Bertz CT molecular complexity index is 1370. The van der Waals surface area contributed by atoms with Crippen LogP contribution in [0.15, 0.2) is 41.1 Å². The molecule has 2 atom stereocenters. The number of hydrogen-bond acceptors (Lipinski definition) is 9. The number of nitrogens with zero attached hydrogens (tertiary/aromatic N) is 5. The number of rotatable bonds is 7. The summed E-state index contributed by atoms with van der Waals surface area (Å²) in [5, 5.41) is 17.6. The number of ketones is 1. The van der Waals surface area contributed by atoms with Gasteiger partial charge in [-0.15, -0.1) is 0 Å². The van der Waals surface area contributed by atoms with E-state index in [9.17, 15) is 27.9 Å². The molecule has 3 aromatic rings. The van der Waals surface area contributed by atoms with Gasteiger partial charge in [0, 0.05) is 38.2 Å². The molecule has 1 amide bonds. The van der Waals surface area contributed by atoms with Gasteiger partial charge in [0.15, 0.2) is 11.5 Å². The number of nitrogens with one attached hydrogen (secondary N) is 1. The largest absolute Gasteiger partial charge is 0.391 e. The third-order valence-corrected chi connectivity index (χ3v) is 7.13. The lowest BCUT2D eigenvalue weighted by Crippen LogP contribution is -2.44. The highest BCUT2D eigenvalue weighted by Gasteiger charge is 2.50. The van der Waals surface area contributed by atoms with Crippen molar-refractivity contribution in [3.63, 3.8) is 0 Å². The average Bonchev–Trinajstić information content (AvgIpc) is 3.45. The number of alkyl halides is 3. The minimum absolute atomic E-state index is 0.0363. The third-order valence-electron chi connectivity index (χ3n) is 7.13. The molecule has 13 heteroatoms. The van der Waals surface area contributed by atoms with Crippen LogP contribution in [0, 0.1) is 11.8 Å². The zero-order valence-corrected chi connectivity index (χ0v) is 20.6. The molecule has 1 aliphatic heterocycles. The van der Waals surface area contributed by atoms with Gasteiger partial charge >= 0.3 is 6.18 Å². The van der Waals surface area contributed by atoms with Gasteiger partial charge in [0.2, 0.25) is 11.5 Å². The Balaban J connectivity index is 1.29. The summed E-state index contributed by atoms with van der Waals surface area (Å²) in [7, 11) is 1.60. The predicted molar refractivity (Wildman–Crippen MR) is 127 cm³/mol. The summed E-state index contributed by atoms with van der Waals surface area (Å²) >= 11 is 0. The molecule has 1 saturated carbocycles. The molecule has 4 heterocycles. The number of carbonyl (C=O) groups excluding carboxylic acids is 2. The van der Waals surface area contributed by atoms with Gasteiger partial charge in [0.25, 0.3) is 5.91 Å². The molecular weight excluding hydrogens is 505 g/mol. The maximum absolute atomic E-state index is 12.8. The SMILES string of the molecule is CC(Nc1nccc(-c2cccc(-c3cc(C4(O)CCN(C)C4=O)on3)n2)n1)C(=O)C1CC(C(F)(F)F)C1. The number of halogens is 3. The first-order chi connectivity index (χ1) is 18.0. The van der Waals surface area contributed by atoms with Crippen molar-refractivity contribution in [2.24, 2.45) is 11.8 Å². The van der Waals surface area contributed by atoms with Crippen LogP contribution in [0.25, 0.3) is 22.8 Å². The van der Waals surface area contributed by atoms with Crippen LogP contribution in [0.3, 0.4) is 0 Å². The summed E-state index contributed by atoms with van der Waals surface area (Å²) in [4.78, 5) is 39.4. The number of likely N-dealkylation sites (N-methyl/N-ethyl adjacent to an activating group) is 1. The number of aromatic nitrogens is 4. The van der Waals surface area contributed by atoms with Gasteiger partial charge in [-0.2, -0.15) is 13.2 Å². The van der Waals surface area contributed by atoms with E-state index in [1.165, 1.54) is 17.2 Å². The van der Waals surface area contributed by atoms with E-state index >= 15 is 0 Å². The Morgan fingerprint density at radius 1 is 1.18 bits per heavy atom. The predicted octanol–water partition coefficient (Wildman–Crippen LogP) is 3.20. The first-order valence-electron chi connectivity index (χ1n) is 12.1. The lowest BCUT2D eigenvalue weighted by atomic mass is 9.71. The first-order valence-corrected chi connectivity index (χ1v) is 12.1. The molecule has 0 aromatic carbocycles. The quantitative estimate of drug-likeness (QED) is 0.472. The van der Waals surface area contributed by atoms with E-state index < -0.39 is 35.6 Å². The fourth-order valence-electron chi connectivity index (χ4n) is 4.70. The zero-order chi connectivity index (χ0) is 27.2. The van der Waals surface area contributed by atoms with E-state index in [0.29, 0.717) is 29.3 Å². The summed E-state index contributed by atoms with van der Waals surface area (Å²) in [6.07, 6.45) is -3.00. The molecule has 0 spiro atoms. The fourth-order valence-corrected chi connectivity index (χ4v) is 4.70. The number of pyridine rings is 1. The minimum Gasteiger partial charge on any atom is -0.373 e. The molecule has 0 bridgehead atoms. The molecule has 0 radical (unpaired) electrons. The molecule has 38 heavy (non-hydrogen) atoms. The summed E-state index contributed by atoms with van der Waals surface area (Å²) < 4.78 is 43.6. The number of hydrogen-bond donors (Lipinski definition) is 2. The molecule has 2 fully saturated rings. The lowest BCUT2D eigenvalue weighted by Gasteiger charge is -2.36. The highest BCUT2D eigenvalue weighted by Crippen LogP contribution is 2.45. The van der Waals surface area contributed by atoms with Crippen molar-refractivity contribution < 1.29 is 32.4 Å². The molecule has 2 aliphatic rings. The van der Waals surface area contributed by atoms with Crippen LogP contribution in [0.4, 0.5) is 19.1 Å².